The molecule has 0 aromatic heterocycles. The standard InChI is InChI=1S/C11H16O2/c1-9(12)10(2)13-8-11-6-4-3-5-7-11/h3-7,9-10,12H,8H2,1-2H3/t9-,10?/m0/s1. The minimum absolute atomic E-state index is 0.111. The normalized spacial score (nSPS) is 15.3. The number of hydrogen-bond acceptors (Lipinski definition) is 2. The number of hydrogen-bond donors (Lipinski definition) is 1. The van der Waals surface area contributed by atoms with Gasteiger partial charge in [0.25, 0.3) is 0 Å². The lowest BCUT2D eigenvalue weighted by molar-refractivity contribution is -0.0268. The van der Waals surface area contributed by atoms with Crippen molar-refractivity contribution in [1.82, 2.24) is 0 Å². The van der Waals surface area contributed by atoms with Crippen molar-refractivity contribution in [1.29, 1.82) is 0 Å². The highest BCUT2D eigenvalue weighted by molar-refractivity contribution is 5.13. The number of aliphatic hydroxyl groups is 1. The average molecular weight is 180 g/mol. The molecule has 2 atom stereocenters. The second-order valence-electron chi connectivity index (χ2n) is 3.24. The molecular weight excluding hydrogens is 164 g/mol. The van der Waals surface area contributed by atoms with Crippen LogP contribution in [0.5, 0.6) is 0 Å². The Kier molecular flexibility index (Phi) is 3.93. The highest BCUT2D eigenvalue weighted by atomic mass is 16.5. The van der Waals surface area contributed by atoms with Gasteiger partial charge < -0.3 is 9.84 Å². The predicted molar refractivity (Wildman–Crippen MR) is 52.4 cm³/mol. The summed E-state index contributed by atoms with van der Waals surface area (Å²) in [5.74, 6) is 0. The van der Waals surface area contributed by atoms with Crippen LogP contribution in [0.15, 0.2) is 30.3 Å². The van der Waals surface area contributed by atoms with E-state index in [4.69, 9.17) is 4.74 Å². The molecule has 2 nitrogen and oxygen atoms in total. The molecule has 1 unspecified atom stereocenters. The van der Waals surface area contributed by atoms with Crippen LogP contribution >= 0.6 is 0 Å². The van der Waals surface area contributed by atoms with Gasteiger partial charge >= 0.3 is 0 Å². The Bertz CT molecular complexity index is 231. The van der Waals surface area contributed by atoms with Gasteiger partial charge in [0.05, 0.1) is 18.8 Å². The summed E-state index contributed by atoms with van der Waals surface area (Å²) in [6, 6.07) is 9.95. The van der Waals surface area contributed by atoms with Crippen molar-refractivity contribution in [3.63, 3.8) is 0 Å². The first kappa shape index (κ1) is 10.2. The fourth-order valence-electron chi connectivity index (χ4n) is 0.941. The number of rotatable bonds is 4. The molecule has 0 amide bonds. The zero-order valence-corrected chi connectivity index (χ0v) is 8.10. The summed E-state index contributed by atoms with van der Waals surface area (Å²) in [5.41, 5.74) is 1.13. The maximum atomic E-state index is 9.17. The van der Waals surface area contributed by atoms with Crippen molar-refractivity contribution in [3.8, 4) is 0 Å². The summed E-state index contributed by atoms with van der Waals surface area (Å²) >= 11 is 0. The fraction of sp³-hybridized carbons (Fsp3) is 0.455. The summed E-state index contributed by atoms with van der Waals surface area (Å²) in [6.45, 7) is 4.16. The lowest BCUT2D eigenvalue weighted by Gasteiger charge is -2.15. The molecule has 0 fully saturated rings. The first-order valence-electron chi connectivity index (χ1n) is 4.53. The number of ether oxygens (including phenoxy) is 1. The van der Waals surface area contributed by atoms with Gasteiger partial charge in [-0.2, -0.15) is 0 Å². The van der Waals surface area contributed by atoms with Crippen LogP contribution in [-0.4, -0.2) is 17.3 Å². The van der Waals surface area contributed by atoms with E-state index in [-0.39, 0.29) is 6.10 Å². The van der Waals surface area contributed by atoms with Crippen molar-refractivity contribution in [2.75, 3.05) is 0 Å². The Hall–Kier alpha value is -0.860. The van der Waals surface area contributed by atoms with Gasteiger partial charge in [-0.25, -0.2) is 0 Å². The van der Waals surface area contributed by atoms with Crippen molar-refractivity contribution < 1.29 is 9.84 Å². The van der Waals surface area contributed by atoms with Crippen LogP contribution < -0.4 is 0 Å². The molecule has 0 aliphatic carbocycles. The molecule has 0 aliphatic rings. The van der Waals surface area contributed by atoms with E-state index >= 15 is 0 Å². The Balaban J connectivity index is 2.35. The molecule has 72 valence electrons. The quantitative estimate of drug-likeness (QED) is 0.767. The van der Waals surface area contributed by atoms with Crippen LogP contribution in [-0.2, 0) is 11.3 Å². The predicted octanol–water partition coefficient (Wildman–Crippen LogP) is 1.97. The van der Waals surface area contributed by atoms with Gasteiger partial charge in [0.15, 0.2) is 0 Å². The Morgan fingerprint density at radius 1 is 1.23 bits per heavy atom. The topological polar surface area (TPSA) is 29.5 Å². The number of aliphatic hydroxyl groups excluding tert-OH is 1. The van der Waals surface area contributed by atoms with E-state index in [2.05, 4.69) is 0 Å². The van der Waals surface area contributed by atoms with Gasteiger partial charge in [-0.15, -0.1) is 0 Å². The molecule has 0 bridgehead atoms. The number of benzene rings is 1. The second kappa shape index (κ2) is 5.00. The molecule has 1 rings (SSSR count). The van der Waals surface area contributed by atoms with Crippen LogP contribution in [0, 0.1) is 0 Å². The summed E-state index contributed by atoms with van der Waals surface area (Å²) in [4.78, 5) is 0. The van der Waals surface area contributed by atoms with Gasteiger partial charge in [-0.1, -0.05) is 30.3 Å². The molecule has 0 heterocycles. The SMILES string of the molecule is CC(OCc1ccccc1)[C@H](C)O. The highest BCUT2D eigenvalue weighted by Gasteiger charge is 2.08. The van der Waals surface area contributed by atoms with Gasteiger partial charge in [0.1, 0.15) is 0 Å². The Morgan fingerprint density at radius 2 is 1.85 bits per heavy atom. The van der Waals surface area contributed by atoms with Gasteiger partial charge in [-0.3, -0.25) is 0 Å². The van der Waals surface area contributed by atoms with E-state index in [1.807, 2.05) is 37.3 Å². The molecule has 0 saturated heterocycles. The highest BCUT2D eigenvalue weighted by Crippen LogP contribution is 2.05. The zero-order chi connectivity index (χ0) is 9.68. The molecule has 2 heteroatoms. The third-order valence-corrected chi connectivity index (χ3v) is 2.04. The van der Waals surface area contributed by atoms with Crippen LogP contribution in [0.3, 0.4) is 0 Å². The van der Waals surface area contributed by atoms with Crippen molar-refractivity contribution >= 4 is 0 Å². The monoisotopic (exact) mass is 180 g/mol. The van der Waals surface area contributed by atoms with E-state index in [0.717, 1.165) is 5.56 Å². The fourth-order valence-corrected chi connectivity index (χ4v) is 0.941. The third-order valence-electron chi connectivity index (χ3n) is 2.04. The Labute approximate surface area is 79.2 Å². The van der Waals surface area contributed by atoms with Crippen molar-refractivity contribution in [3.05, 3.63) is 35.9 Å². The molecule has 0 spiro atoms. The van der Waals surface area contributed by atoms with E-state index < -0.39 is 6.10 Å². The smallest absolute Gasteiger partial charge is 0.0807 e. The van der Waals surface area contributed by atoms with E-state index in [1.54, 1.807) is 6.92 Å². The molecular formula is C11H16O2. The third kappa shape index (κ3) is 3.57. The first-order chi connectivity index (χ1) is 6.20. The van der Waals surface area contributed by atoms with E-state index in [9.17, 15) is 5.11 Å². The molecule has 0 saturated carbocycles. The van der Waals surface area contributed by atoms with Gasteiger partial charge in [0, 0.05) is 0 Å². The maximum absolute atomic E-state index is 9.17. The average Bonchev–Trinajstić information content (AvgIpc) is 2.15. The minimum atomic E-state index is -0.413. The second-order valence-corrected chi connectivity index (χ2v) is 3.24. The van der Waals surface area contributed by atoms with Crippen LogP contribution in [0.1, 0.15) is 19.4 Å². The van der Waals surface area contributed by atoms with Crippen molar-refractivity contribution in [2.45, 2.75) is 32.7 Å². The van der Waals surface area contributed by atoms with E-state index in [0.29, 0.717) is 6.61 Å². The lowest BCUT2D eigenvalue weighted by atomic mass is 10.2. The molecule has 0 radical (unpaired) electrons. The molecule has 13 heavy (non-hydrogen) atoms. The Morgan fingerprint density at radius 3 is 2.38 bits per heavy atom. The first-order valence-corrected chi connectivity index (χ1v) is 4.53. The maximum Gasteiger partial charge on any atom is 0.0807 e. The summed E-state index contributed by atoms with van der Waals surface area (Å²) in [5, 5.41) is 9.17. The molecule has 0 aliphatic heterocycles. The van der Waals surface area contributed by atoms with Gasteiger partial charge in [-0.05, 0) is 19.4 Å². The molecule has 1 N–H and O–H groups in total. The van der Waals surface area contributed by atoms with E-state index in [1.165, 1.54) is 0 Å². The van der Waals surface area contributed by atoms with Gasteiger partial charge in [0.2, 0.25) is 0 Å². The summed E-state index contributed by atoms with van der Waals surface area (Å²) in [6.07, 6.45) is -0.524. The van der Waals surface area contributed by atoms with Crippen LogP contribution in [0.25, 0.3) is 0 Å². The zero-order valence-electron chi connectivity index (χ0n) is 8.10. The summed E-state index contributed by atoms with van der Waals surface area (Å²) < 4.78 is 5.44. The summed E-state index contributed by atoms with van der Waals surface area (Å²) in [7, 11) is 0. The van der Waals surface area contributed by atoms with Crippen LogP contribution in [0.4, 0.5) is 0 Å². The largest absolute Gasteiger partial charge is 0.391 e. The minimum Gasteiger partial charge on any atom is -0.391 e. The van der Waals surface area contributed by atoms with Crippen molar-refractivity contribution in [2.24, 2.45) is 0 Å². The lowest BCUT2D eigenvalue weighted by Crippen LogP contribution is -2.22. The van der Waals surface area contributed by atoms with Crippen LogP contribution in [0.2, 0.25) is 0 Å². The molecule has 1 aromatic rings. The molecule has 1 aromatic carbocycles.